The molecule has 0 N–H and O–H groups in total. The minimum Gasteiger partial charge on any atom is -0.466 e. The SMILES string of the molecule is CCOC(=O)C(=Cc1ccccc1)C(C)=O.CCOC(C)=O. The van der Waals surface area contributed by atoms with Crippen LogP contribution >= 0.6 is 0 Å². The molecule has 0 radical (unpaired) electrons. The van der Waals surface area contributed by atoms with Crippen LogP contribution in [-0.4, -0.2) is 30.9 Å². The summed E-state index contributed by atoms with van der Waals surface area (Å²) < 4.78 is 9.21. The highest BCUT2D eigenvalue weighted by Gasteiger charge is 2.15. The molecule has 0 amide bonds. The second kappa shape index (κ2) is 11.3. The van der Waals surface area contributed by atoms with Gasteiger partial charge in [0.05, 0.1) is 13.2 Å². The van der Waals surface area contributed by atoms with E-state index < -0.39 is 5.97 Å². The smallest absolute Gasteiger partial charge is 0.341 e. The van der Waals surface area contributed by atoms with Gasteiger partial charge in [-0.2, -0.15) is 0 Å². The predicted molar refractivity (Wildman–Crippen MR) is 84.0 cm³/mol. The van der Waals surface area contributed by atoms with E-state index in [1.54, 1.807) is 19.9 Å². The number of hydrogen-bond donors (Lipinski definition) is 0. The Morgan fingerprint density at radius 2 is 1.50 bits per heavy atom. The van der Waals surface area contributed by atoms with Crippen molar-refractivity contribution in [3.8, 4) is 0 Å². The van der Waals surface area contributed by atoms with Gasteiger partial charge < -0.3 is 9.47 Å². The van der Waals surface area contributed by atoms with Crippen LogP contribution in [0.1, 0.15) is 33.3 Å². The Hall–Kier alpha value is -2.43. The van der Waals surface area contributed by atoms with Gasteiger partial charge in [0.25, 0.3) is 0 Å². The third-order valence-electron chi connectivity index (χ3n) is 2.33. The summed E-state index contributed by atoms with van der Waals surface area (Å²) in [6, 6.07) is 9.20. The van der Waals surface area contributed by atoms with Crippen LogP contribution in [0.4, 0.5) is 0 Å². The third-order valence-corrected chi connectivity index (χ3v) is 2.33. The van der Waals surface area contributed by atoms with Crippen LogP contribution in [0.3, 0.4) is 0 Å². The fraction of sp³-hybridized carbons (Fsp3) is 0.353. The van der Waals surface area contributed by atoms with E-state index in [1.165, 1.54) is 13.8 Å². The van der Waals surface area contributed by atoms with Crippen molar-refractivity contribution in [2.45, 2.75) is 27.7 Å². The van der Waals surface area contributed by atoms with Crippen LogP contribution in [0.15, 0.2) is 35.9 Å². The Morgan fingerprint density at radius 3 is 1.86 bits per heavy atom. The molecule has 0 atom stereocenters. The number of rotatable bonds is 5. The molecule has 1 rings (SSSR count). The summed E-state index contributed by atoms with van der Waals surface area (Å²) >= 11 is 0. The van der Waals surface area contributed by atoms with Gasteiger partial charge in [-0.05, 0) is 32.4 Å². The number of ketones is 1. The van der Waals surface area contributed by atoms with Gasteiger partial charge in [0, 0.05) is 6.92 Å². The standard InChI is InChI=1S/C13H14O3.C4H8O2/c1-3-16-13(15)12(10(2)14)9-11-7-5-4-6-8-11;1-3-6-4(2)5/h4-9H,3H2,1-2H3;3H2,1-2H3. The first-order chi connectivity index (χ1) is 10.4. The molecule has 1 aromatic rings. The molecule has 0 aliphatic rings. The van der Waals surface area contributed by atoms with Gasteiger partial charge in [-0.25, -0.2) is 4.79 Å². The van der Waals surface area contributed by atoms with Crippen molar-refractivity contribution >= 4 is 23.8 Å². The minimum absolute atomic E-state index is 0.0769. The number of benzene rings is 1. The normalized spacial score (nSPS) is 10.1. The van der Waals surface area contributed by atoms with Crippen LogP contribution < -0.4 is 0 Å². The van der Waals surface area contributed by atoms with Gasteiger partial charge in [-0.15, -0.1) is 0 Å². The summed E-state index contributed by atoms with van der Waals surface area (Å²) in [7, 11) is 0. The zero-order valence-corrected chi connectivity index (χ0v) is 13.4. The lowest BCUT2D eigenvalue weighted by Crippen LogP contribution is -2.13. The molecule has 0 bridgehead atoms. The molecule has 0 aliphatic heterocycles. The van der Waals surface area contributed by atoms with Crippen molar-refractivity contribution in [1.29, 1.82) is 0 Å². The maximum atomic E-state index is 11.5. The van der Waals surface area contributed by atoms with E-state index in [2.05, 4.69) is 4.74 Å². The van der Waals surface area contributed by atoms with Crippen molar-refractivity contribution in [3.63, 3.8) is 0 Å². The Morgan fingerprint density at radius 1 is 0.955 bits per heavy atom. The van der Waals surface area contributed by atoms with E-state index in [0.29, 0.717) is 6.61 Å². The third kappa shape index (κ3) is 8.68. The molecule has 0 heterocycles. The van der Waals surface area contributed by atoms with E-state index >= 15 is 0 Å². The molecule has 0 fully saturated rings. The van der Waals surface area contributed by atoms with Crippen molar-refractivity contribution in [3.05, 3.63) is 41.5 Å². The molecular weight excluding hydrogens is 284 g/mol. The molecule has 5 heteroatoms. The van der Waals surface area contributed by atoms with Crippen LogP contribution in [0.25, 0.3) is 6.08 Å². The van der Waals surface area contributed by atoms with Gasteiger partial charge in [0.1, 0.15) is 5.57 Å². The van der Waals surface area contributed by atoms with Crippen LogP contribution in [0.2, 0.25) is 0 Å². The van der Waals surface area contributed by atoms with Gasteiger partial charge in [-0.3, -0.25) is 9.59 Å². The summed E-state index contributed by atoms with van der Waals surface area (Å²) in [5.74, 6) is -1.07. The van der Waals surface area contributed by atoms with Crippen molar-refractivity contribution < 1.29 is 23.9 Å². The molecule has 0 unspecified atom stereocenters. The maximum Gasteiger partial charge on any atom is 0.341 e. The zero-order valence-electron chi connectivity index (χ0n) is 13.4. The molecule has 5 nitrogen and oxygen atoms in total. The van der Waals surface area contributed by atoms with Gasteiger partial charge in [-0.1, -0.05) is 30.3 Å². The predicted octanol–water partition coefficient (Wildman–Crippen LogP) is 2.79. The van der Waals surface area contributed by atoms with E-state index in [9.17, 15) is 14.4 Å². The highest BCUT2D eigenvalue weighted by molar-refractivity contribution is 6.19. The van der Waals surface area contributed by atoms with Crippen LogP contribution in [-0.2, 0) is 23.9 Å². The van der Waals surface area contributed by atoms with Crippen LogP contribution in [0, 0.1) is 0 Å². The summed E-state index contributed by atoms with van der Waals surface area (Å²) in [5, 5.41) is 0. The minimum atomic E-state index is -0.571. The highest BCUT2D eigenvalue weighted by Crippen LogP contribution is 2.09. The lowest BCUT2D eigenvalue weighted by Gasteiger charge is -2.03. The molecular formula is C17H22O5. The summed E-state index contributed by atoms with van der Waals surface area (Å²) in [6.45, 7) is 6.97. The molecule has 120 valence electrons. The lowest BCUT2D eigenvalue weighted by molar-refractivity contribution is -0.141. The van der Waals surface area contributed by atoms with E-state index in [1.807, 2.05) is 30.3 Å². The van der Waals surface area contributed by atoms with Crippen molar-refractivity contribution in [2.24, 2.45) is 0 Å². The number of ether oxygens (including phenoxy) is 2. The summed E-state index contributed by atoms with van der Waals surface area (Å²) in [5.41, 5.74) is 0.883. The number of carbonyl (C=O) groups excluding carboxylic acids is 3. The molecule has 0 aromatic heterocycles. The molecule has 0 saturated carbocycles. The first-order valence-electron chi connectivity index (χ1n) is 7.00. The number of carbonyl (C=O) groups is 3. The Kier molecular flexibility index (Phi) is 10.0. The first-order valence-corrected chi connectivity index (χ1v) is 7.00. The van der Waals surface area contributed by atoms with E-state index in [4.69, 9.17) is 4.74 Å². The second-order valence-electron chi connectivity index (χ2n) is 4.17. The zero-order chi connectivity index (χ0) is 17.0. The monoisotopic (exact) mass is 306 g/mol. The number of hydrogen-bond acceptors (Lipinski definition) is 5. The van der Waals surface area contributed by atoms with Crippen molar-refractivity contribution in [1.82, 2.24) is 0 Å². The lowest BCUT2D eigenvalue weighted by atomic mass is 10.1. The quantitative estimate of drug-likeness (QED) is 0.362. The van der Waals surface area contributed by atoms with Gasteiger partial charge in [0.15, 0.2) is 5.78 Å². The average Bonchev–Trinajstić information content (AvgIpc) is 2.46. The van der Waals surface area contributed by atoms with Gasteiger partial charge >= 0.3 is 11.9 Å². The Balaban J connectivity index is 0.000000626. The van der Waals surface area contributed by atoms with E-state index in [0.717, 1.165) is 5.56 Å². The molecule has 1 aromatic carbocycles. The van der Waals surface area contributed by atoms with Gasteiger partial charge in [0.2, 0.25) is 0 Å². The number of esters is 2. The fourth-order valence-corrected chi connectivity index (χ4v) is 1.43. The fourth-order valence-electron chi connectivity index (χ4n) is 1.43. The largest absolute Gasteiger partial charge is 0.466 e. The molecule has 0 saturated heterocycles. The summed E-state index contributed by atoms with van der Waals surface area (Å²) in [6.07, 6.45) is 1.54. The highest BCUT2D eigenvalue weighted by atomic mass is 16.5. The number of Topliss-reactive ketones (excluding diaryl/α,β-unsaturated/α-hetero) is 1. The molecule has 0 spiro atoms. The Labute approximate surface area is 130 Å². The molecule has 0 aliphatic carbocycles. The second-order valence-corrected chi connectivity index (χ2v) is 4.17. The summed E-state index contributed by atoms with van der Waals surface area (Å²) in [4.78, 5) is 32.6. The van der Waals surface area contributed by atoms with E-state index in [-0.39, 0.29) is 23.9 Å². The van der Waals surface area contributed by atoms with Crippen molar-refractivity contribution in [2.75, 3.05) is 13.2 Å². The first kappa shape index (κ1) is 19.6. The Bertz CT molecular complexity index is 517. The molecule has 22 heavy (non-hydrogen) atoms. The topological polar surface area (TPSA) is 69.7 Å². The maximum absolute atomic E-state index is 11.5. The average molecular weight is 306 g/mol. The van der Waals surface area contributed by atoms with Crippen LogP contribution in [0.5, 0.6) is 0 Å².